The van der Waals surface area contributed by atoms with Crippen LogP contribution >= 0.6 is 0 Å². The molecule has 0 saturated heterocycles. The molecule has 0 bridgehead atoms. The molecular weight excluding hydrogens is 313 g/mol. The zero-order valence-electron chi connectivity index (χ0n) is 14.7. The van der Waals surface area contributed by atoms with Crippen molar-refractivity contribution in [3.63, 3.8) is 0 Å². The molecule has 0 spiro atoms. The predicted octanol–water partition coefficient (Wildman–Crippen LogP) is 7.05. The fourth-order valence-electron chi connectivity index (χ4n) is 2.48. The lowest BCUT2D eigenvalue weighted by molar-refractivity contribution is -0.137. The van der Waals surface area contributed by atoms with Gasteiger partial charge in [0.2, 0.25) is 0 Å². The molecule has 24 heavy (non-hydrogen) atoms. The molecule has 2 aromatic rings. The Kier molecular flexibility index (Phi) is 5.26. The van der Waals surface area contributed by atoms with E-state index < -0.39 is 11.7 Å². The maximum atomic E-state index is 13.1. The van der Waals surface area contributed by atoms with E-state index in [1.54, 1.807) is 6.07 Å². The van der Waals surface area contributed by atoms with Crippen molar-refractivity contribution in [2.45, 2.75) is 52.6 Å². The molecule has 0 aliphatic rings. The fraction of sp³-hybridized carbons (Fsp3) is 0.400. The van der Waals surface area contributed by atoms with Crippen LogP contribution in [-0.4, -0.2) is 0 Å². The molecule has 0 N–H and O–H groups in total. The van der Waals surface area contributed by atoms with Crippen molar-refractivity contribution in [2.75, 3.05) is 0 Å². The van der Waals surface area contributed by atoms with Gasteiger partial charge in [-0.3, -0.25) is 0 Å². The van der Waals surface area contributed by atoms with Crippen LogP contribution in [0.1, 0.15) is 61.8 Å². The van der Waals surface area contributed by atoms with Gasteiger partial charge in [-0.2, -0.15) is 13.2 Å². The summed E-state index contributed by atoms with van der Waals surface area (Å²) >= 11 is 0. The van der Waals surface area contributed by atoms with Gasteiger partial charge in [0.1, 0.15) is 11.5 Å². The van der Waals surface area contributed by atoms with Gasteiger partial charge in [-0.15, -0.1) is 0 Å². The number of hydrogen-bond donors (Lipinski definition) is 0. The van der Waals surface area contributed by atoms with Crippen molar-refractivity contribution >= 4 is 0 Å². The van der Waals surface area contributed by atoms with Gasteiger partial charge < -0.3 is 4.74 Å². The van der Waals surface area contributed by atoms with Gasteiger partial charge in [0.05, 0.1) is 5.56 Å². The van der Waals surface area contributed by atoms with E-state index in [9.17, 15) is 13.2 Å². The van der Waals surface area contributed by atoms with Gasteiger partial charge in [-0.1, -0.05) is 33.8 Å². The van der Waals surface area contributed by atoms with Crippen LogP contribution in [-0.2, 0) is 6.18 Å². The summed E-state index contributed by atoms with van der Waals surface area (Å²) in [5.74, 6) is 1.08. The maximum absolute atomic E-state index is 13.1. The summed E-state index contributed by atoms with van der Waals surface area (Å²) in [6.45, 7) is 9.81. The SMILES string of the molecule is Cc1cc(Oc2cc(C(C)C)cc(C(F)(F)F)c2)cc(C(C)C)c1. The molecule has 4 heteroatoms. The van der Waals surface area contributed by atoms with Gasteiger partial charge in [0.25, 0.3) is 0 Å². The highest BCUT2D eigenvalue weighted by Crippen LogP contribution is 2.36. The monoisotopic (exact) mass is 336 g/mol. The van der Waals surface area contributed by atoms with E-state index >= 15 is 0 Å². The predicted molar refractivity (Wildman–Crippen MR) is 90.9 cm³/mol. The second-order valence-corrected chi connectivity index (χ2v) is 6.78. The van der Waals surface area contributed by atoms with Crippen molar-refractivity contribution in [1.29, 1.82) is 0 Å². The van der Waals surface area contributed by atoms with Crippen LogP contribution in [0, 0.1) is 6.92 Å². The minimum atomic E-state index is -4.39. The smallest absolute Gasteiger partial charge is 0.416 e. The molecular formula is C20H23F3O. The Balaban J connectivity index is 2.44. The fourth-order valence-corrected chi connectivity index (χ4v) is 2.48. The number of aryl methyl sites for hydroxylation is 1. The topological polar surface area (TPSA) is 9.23 Å². The first-order chi connectivity index (χ1) is 11.1. The number of ether oxygens (including phenoxy) is 1. The number of alkyl halides is 3. The van der Waals surface area contributed by atoms with Crippen molar-refractivity contribution < 1.29 is 17.9 Å². The highest BCUT2D eigenvalue weighted by atomic mass is 19.4. The summed E-state index contributed by atoms with van der Waals surface area (Å²) in [4.78, 5) is 0. The quantitative estimate of drug-likeness (QED) is 0.581. The van der Waals surface area contributed by atoms with Crippen LogP contribution in [0.4, 0.5) is 13.2 Å². The lowest BCUT2D eigenvalue weighted by Gasteiger charge is -2.16. The minimum Gasteiger partial charge on any atom is -0.457 e. The summed E-state index contributed by atoms with van der Waals surface area (Å²) < 4.78 is 45.2. The average molecular weight is 336 g/mol. The molecule has 0 aliphatic carbocycles. The van der Waals surface area contributed by atoms with E-state index in [1.165, 1.54) is 6.07 Å². The Bertz CT molecular complexity index is 715. The molecule has 0 unspecified atom stereocenters. The molecule has 0 atom stereocenters. The van der Waals surface area contributed by atoms with Crippen LogP contribution in [0.25, 0.3) is 0 Å². The Morgan fingerprint density at radius 3 is 1.75 bits per heavy atom. The van der Waals surface area contributed by atoms with Crippen LogP contribution < -0.4 is 4.74 Å². The number of benzene rings is 2. The Morgan fingerprint density at radius 1 is 0.750 bits per heavy atom. The Morgan fingerprint density at radius 2 is 1.25 bits per heavy atom. The van der Waals surface area contributed by atoms with Crippen molar-refractivity contribution in [3.8, 4) is 11.5 Å². The highest BCUT2D eigenvalue weighted by Gasteiger charge is 2.31. The maximum Gasteiger partial charge on any atom is 0.416 e. The summed E-state index contributed by atoms with van der Waals surface area (Å²) in [5.41, 5.74) is 2.05. The van der Waals surface area contributed by atoms with Crippen LogP contribution in [0.3, 0.4) is 0 Å². The standard InChI is InChI=1S/C20H23F3O/c1-12(2)15-6-14(5)7-18(9-15)24-19-10-16(13(3)4)8-17(11-19)20(21,22)23/h6-13H,1-5H3. The van der Waals surface area contributed by atoms with Gasteiger partial charge in [0, 0.05) is 0 Å². The Labute approximate surface area is 141 Å². The van der Waals surface area contributed by atoms with E-state index in [0.29, 0.717) is 17.2 Å². The molecule has 0 aromatic heterocycles. The first-order valence-corrected chi connectivity index (χ1v) is 8.08. The van der Waals surface area contributed by atoms with E-state index in [-0.39, 0.29) is 11.7 Å². The lowest BCUT2D eigenvalue weighted by atomic mass is 9.99. The minimum absolute atomic E-state index is 0.0154. The summed E-state index contributed by atoms with van der Waals surface area (Å²) in [6, 6.07) is 9.70. The van der Waals surface area contributed by atoms with E-state index in [2.05, 4.69) is 19.9 Å². The number of halogens is 3. The molecule has 130 valence electrons. The van der Waals surface area contributed by atoms with Crippen LogP contribution in [0.15, 0.2) is 36.4 Å². The third kappa shape index (κ3) is 4.53. The van der Waals surface area contributed by atoms with Crippen molar-refractivity contribution in [3.05, 3.63) is 58.7 Å². The van der Waals surface area contributed by atoms with E-state index in [0.717, 1.165) is 17.2 Å². The number of hydrogen-bond acceptors (Lipinski definition) is 1. The van der Waals surface area contributed by atoms with Crippen LogP contribution in [0.5, 0.6) is 11.5 Å². The first kappa shape index (κ1) is 18.4. The molecule has 0 heterocycles. The highest BCUT2D eigenvalue weighted by molar-refractivity contribution is 5.42. The number of rotatable bonds is 4. The van der Waals surface area contributed by atoms with Gasteiger partial charge in [-0.25, -0.2) is 0 Å². The van der Waals surface area contributed by atoms with Crippen LogP contribution in [0.2, 0.25) is 0 Å². The lowest BCUT2D eigenvalue weighted by Crippen LogP contribution is -2.06. The van der Waals surface area contributed by atoms with E-state index in [4.69, 9.17) is 4.74 Å². The molecule has 0 aliphatic heterocycles. The molecule has 0 fully saturated rings. The normalized spacial score (nSPS) is 12.1. The largest absolute Gasteiger partial charge is 0.457 e. The van der Waals surface area contributed by atoms with Gasteiger partial charge in [0.15, 0.2) is 0 Å². The average Bonchev–Trinajstić information content (AvgIpc) is 2.45. The first-order valence-electron chi connectivity index (χ1n) is 8.08. The van der Waals surface area contributed by atoms with Gasteiger partial charge in [-0.05, 0) is 65.8 Å². The molecule has 2 rings (SSSR count). The second-order valence-electron chi connectivity index (χ2n) is 6.78. The van der Waals surface area contributed by atoms with Crippen molar-refractivity contribution in [1.82, 2.24) is 0 Å². The summed E-state index contributed by atoms with van der Waals surface area (Å²) in [5, 5.41) is 0. The molecule has 2 aromatic carbocycles. The third-order valence-corrected chi connectivity index (χ3v) is 3.90. The third-order valence-electron chi connectivity index (χ3n) is 3.90. The molecule has 0 radical (unpaired) electrons. The molecule has 1 nitrogen and oxygen atoms in total. The summed E-state index contributed by atoms with van der Waals surface area (Å²) in [7, 11) is 0. The summed E-state index contributed by atoms with van der Waals surface area (Å²) in [6.07, 6.45) is -4.39. The Hall–Kier alpha value is -1.97. The van der Waals surface area contributed by atoms with Gasteiger partial charge >= 0.3 is 6.18 Å². The zero-order valence-corrected chi connectivity index (χ0v) is 14.7. The molecule has 0 saturated carbocycles. The zero-order chi connectivity index (χ0) is 18.1. The molecule has 0 amide bonds. The second kappa shape index (κ2) is 6.88. The van der Waals surface area contributed by atoms with E-state index in [1.807, 2.05) is 32.9 Å². The van der Waals surface area contributed by atoms with Crippen molar-refractivity contribution in [2.24, 2.45) is 0 Å².